The lowest BCUT2D eigenvalue weighted by Gasteiger charge is -2.31. The third-order valence-corrected chi connectivity index (χ3v) is 20.6. The summed E-state index contributed by atoms with van der Waals surface area (Å²) in [5.41, 5.74) is 5.83. The van der Waals surface area contributed by atoms with Gasteiger partial charge in [0.15, 0.2) is 11.6 Å². The molecule has 0 amide bonds. The lowest BCUT2D eigenvalue weighted by molar-refractivity contribution is -0.0283. The molecule has 3 aliphatic rings. The number of hydrogen-bond acceptors (Lipinski definition) is 17. The molecule has 6 aromatic rings. The van der Waals surface area contributed by atoms with Crippen molar-refractivity contribution in [3.8, 4) is 34.6 Å². The van der Waals surface area contributed by atoms with Crippen LogP contribution in [0.15, 0.2) is 115 Å². The van der Waals surface area contributed by atoms with Gasteiger partial charge >= 0.3 is 0 Å². The van der Waals surface area contributed by atoms with Crippen LogP contribution in [-0.4, -0.2) is 163 Å². The lowest BCUT2D eigenvalue weighted by Crippen LogP contribution is -2.29. The average molecular weight is 2860 g/mol. The number of aliphatic hydroxyl groups excluding tert-OH is 8. The Morgan fingerprint density at radius 3 is 1.47 bits per heavy atom. The van der Waals surface area contributed by atoms with E-state index in [0.29, 0.717) is 78.8 Å². The van der Waals surface area contributed by atoms with Crippen molar-refractivity contribution in [1.29, 1.82) is 0 Å². The summed E-state index contributed by atoms with van der Waals surface area (Å²) < 4.78 is 2030. The van der Waals surface area contributed by atoms with Crippen molar-refractivity contribution >= 4 is 0 Å². The zero-order valence-corrected chi connectivity index (χ0v) is 74.2. The van der Waals surface area contributed by atoms with Gasteiger partial charge in [-0.15, -0.1) is 0 Å². The first kappa shape index (κ1) is 14.8. The highest BCUT2D eigenvalue weighted by atomic mass is 19.1. The highest BCUT2D eigenvalue weighted by Crippen LogP contribution is 2.52. The van der Waals surface area contributed by atoms with Crippen LogP contribution in [0.4, 0.5) is 17.6 Å². The van der Waals surface area contributed by atoms with Gasteiger partial charge in [0, 0.05) is 601 Å². The minimum absolute atomic E-state index is 0. The first-order valence-corrected chi connectivity index (χ1v) is 44.9. The smallest absolute Gasteiger partial charge is 0.216 e. The Morgan fingerprint density at radius 2 is 0.899 bits per heavy atom. The summed E-state index contributed by atoms with van der Waals surface area (Å²) in [5, 5.41) is 69.7. The van der Waals surface area contributed by atoms with E-state index in [1.165, 1.54) is 138 Å². The second-order valence-electron chi connectivity index (χ2n) is 30.9. The number of unbranched alkanes of at least 4 members (excludes halogenated alkanes) is 6. The van der Waals surface area contributed by atoms with Crippen LogP contribution in [0.2, 0.25) is 0 Å². The van der Waals surface area contributed by atoms with Gasteiger partial charge in [-0.1, -0.05) is 194 Å². The molecule has 0 spiro atoms. The molecule has 8 N–H and O–H groups in total. The van der Waals surface area contributed by atoms with Crippen molar-refractivity contribution in [3.05, 3.63) is 172 Å². The number of hydrogen-bond donors (Lipinski definition) is 8. The maximum Gasteiger partial charge on any atom is 0.216 e. The third kappa shape index (κ3) is 48.1. The predicted octanol–water partition coefficient (Wildman–Crippen LogP) is 68.9. The summed E-state index contributed by atoms with van der Waals surface area (Å²) >= 11 is 0. The fourth-order valence-corrected chi connectivity index (χ4v) is 14.0. The molecule has 7 atom stereocenters. The van der Waals surface area contributed by atoms with E-state index in [0.717, 1.165) is 142 Å². The third-order valence-electron chi connectivity index (χ3n) is 20.6. The molecule has 0 aliphatic heterocycles. The van der Waals surface area contributed by atoms with E-state index >= 15 is 0 Å². The van der Waals surface area contributed by atoms with E-state index in [-0.39, 0.29) is 113 Å². The number of aryl methyl sites for hydroxylation is 4. The lowest BCUT2D eigenvalue weighted by atomic mass is 9.82. The van der Waals surface area contributed by atoms with Crippen LogP contribution in [0.5, 0.6) is 34.6 Å². The van der Waals surface area contributed by atoms with Crippen LogP contribution in [0.3, 0.4) is 0 Å². The topological polar surface area (TPSA) is 249 Å². The zero-order chi connectivity index (χ0) is 473. The summed E-state index contributed by atoms with van der Waals surface area (Å²) in [5.74, 6) is 6.38. The van der Waals surface area contributed by atoms with E-state index < -0.39 is 0 Å². The summed E-state index contributed by atoms with van der Waals surface area (Å²) in [4.78, 5) is 4.14. The Balaban J connectivity index is -0.0000000101. The molecule has 0 bridgehead atoms. The molecule has 21 heteroatoms. The number of benzene rings is 5. The standard InChI is InChI=1S/C14H20O2.C13H26O2.4C12H17FO2.C12H24O2.C11H17NO2.196H2/c1-3-11-8-13(11)12-6-4-5-7-14(12)16-10(2)9-15;1-11(2)7-8-12-5-3-4-6-13(12)15-10-9-14;1-2-3-5-10-11(13)6-4-7-12(10)15-9-8-14;1-2-3-5-10-6-4-7-11(13)12(10)15-9-8-14;1-2-3-4-10-9-11(13)5-6-12(10)15-8-7-14;1-2-3-4-10-5-6-11(13)9-12(10)15-8-7-14;1-2-3-6-11-7-4-5-8-12(11)14-10-9-13;1-2-3-5-10-6-4-7-12-11(10)14-9-8-13;;;;;;;;;;;;;;;;;;;;;;;;;;;;;;;;;;;;;;;;;;;;;;;;;;;;;;;;;;;;;;;;;;;;;;;;;;;;;;;;;;;;;;;;;;;;;;;;;;;;;;;;;;;;;;;;;;;;;;;;;;;;;;;;;;;;;;;;;;;;;;;;;;;;;;;;;;;;;;;;;;;;;;;;;;;;;;;;;;;;;;;;;;;;;;;;;;;;/h4-7,10-11,13,15H,3,8-9H2,1-2H3;11-14H,3-10H2,1-2H3;2*4,6-7,14H,2-3,5,8-9H2,1H3;2*5-6,9,14H,2-4,7-8H2,1H3;11-13H,2-10H2,1H3;4,6-7,13H,2-3,5,8-9H2,1H3;196*1H/t10?,11-,13-;;;;;;;;;;;;;;;;;;;;;;;;;;;;;;;;;;;;;;;;;;;;;;;;;;;;;;;;;;;;;;;;;;;;;;;;;;;;;;;;;;;;;;;;;;;;;;;;;;;;;;;;;;;;;;;;;;;;;;;;;;;;;;;;;;;;;;;;;;;;;;;;;;;;;;;;;;;;;;;;;;;;;;;;;;;;;;;;;;;;;;;;;;;;;;;;;;;;;;;;;;;/m0.........................................................................................................................................................................................................../s1/i;;;;;;;;193*1+2T;3*1+2. The Morgan fingerprint density at radius 1 is 0.420 bits per heavy atom. The SMILES string of the molecule is CC(C)CCC1CCCCC1OCCO.CCCCC1CCCCC1OCCO.CCCCc1c(F)cccc1OCCO.CCCCc1cc(F)ccc1OCCO.CCCCc1ccc(F)cc1OCCO.CCCCc1cccc(F)c1OCCO.CCCCc1cccnc1OCCO.CC[C@H]1C[C@@H]1c1ccccc1OC(C)CO.[3HH].[3HH].[3HH].[3H][3H].[3H][3H].[3H][3H].[3H][3H].[3H][3H].[3H][3H].[3H][3H].[3H][3H].[3H][3H].[3H][3H].[3H][3H].[3H][3H].[3H][3H].[3H][3H].[3H][3H].[3H][3H].[3H][3H].[3H][3H].[3H][3H].[3H][3H].[3H][3H].[3H][3H].[3H][3H].[3H][3H].[3H][3H].[3H][3H].[3H][3H].[3H][3H].[3H][3H].[3H][3H].[3H][3H].[3H][3H].[3H][3H].[3H][3H].[3H][3H].[3H][3H].[3H][3H].[3H][3H].[3H][3H].[3H][3H].[3H][3H].[3H][3H].[3H][3H].[3H][3H].[3H][3H].[3H][3H].[3H][3H].[3H][3H].[3H][3H].[3H][3H].[3H][3H].[3H][3H].[3H][3H].[3H][3H].[3H][3H].[3H][3H].[3H][3H].[3H][3H].[3H][3H].[3H][3H].[3H][3H].[3H][3H].[3H][3H].[3H][3H].[3H][3H].[3H][3H].[3H][3H].[3H][3H].[3H][3H].[3H][3H].[3H][3H].[3H][3H].[3H][3H].[3H][3H].[3H][3H].[3H][3H].[3H][3H].[3H][3H].[3H][3H].[3H][3H].[3H][3H].[3H][3H].[3H][3H].[3H][3H].[3H][3H].[3H][3H].[3H][3H].[3H][3H].[3H][3H].[3H][3H].[3H][3H].[3H][3H].[3H][3H].[3H][3H].[3H][3H].[3H][3H].[3H][3H].[3H][3H].[3H][3H].[3H][3H].[3H][3H].[3H][3H].[3H][3H].[3H][3H].[3H][3H].[3H][3H].[3H][3H].[3H][3H].[3H][3H].[3H][3H].[3H][3H].[3H][3H].[3H][3H].[3H][3H].[3H][3H].[3H][3H].[3H][3H].[3H][3H].[3H][3H].[3H][3H].[3H][3H].[3H][3H].[3H][3H].[3H][3H].[3H][3H].[3H][3H].[3H][3H].[3H][3H].[3H][3H].[3H][3H].[3H][3H].[3H][3H].[3H][3H].[3H][3H].[3H][3H].[3H][3H].[3H][3H].[3H][3H].[3H][3H].[3H][3H].[3H][3H].[3H][3H].[3H][3H].[3H][3H].[3H][3H].[3H][3H].[3H][3H].[3H][3H].[3H][3H].[3H][3H].[3H][3H].[3H][3H].[3H][3H].[3H][3H].[3H][3H].[3H][3H].[3H][3H].[3H][3H].[3H][3H].[3H][3H].[3H][3H].[3H][3H].[3H][3H].[3H][3H].[3H][3H].[3H][3H].[3H][3H].[3H][3H].[3H][3H].[3H][3H].[3H][3H].[3H][3H].[3H][3H].[3H][3H].[3H][3H].[3H][3H].[3H][3H].[3H][3H].[3H][3H].[3H][3H].[3H][3H].[3H][3H].[3H][3H].[3H][3H].[3H][3H].[3H][3H].[3H][3H].[3H][3H].[3H][3H].[3H][3H].[3H][3H].[3H][3H].[3H][3H]. The normalized spacial score (nSPS) is 29.5. The van der Waals surface area contributed by atoms with Crippen molar-refractivity contribution in [1.82, 2.24) is 4.98 Å². The van der Waals surface area contributed by atoms with Gasteiger partial charge in [-0.3, -0.25) is 0 Å². The number of ether oxygens (including phenoxy) is 8. The van der Waals surface area contributed by atoms with E-state index in [2.05, 4.69) is 79.4 Å². The van der Waals surface area contributed by atoms with Gasteiger partial charge < -0.3 is 78.7 Å². The molecule has 17 nitrogen and oxygen atoms in total. The van der Waals surface area contributed by atoms with Crippen molar-refractivity contribution in [3.63, 3.8) is 0 Å². The van der Waals surface area contributed by atoms with Crippen molar-refractivity contribution in [2.24, 2.45) is 23.7 Å². The molecular formula is C98H547F4NO16. The van der Waals surface area contributed by atoms with Crippen molar-refractivity contribution < 1.29 is 674 Å². The first-order valence-electron chi connectivity index (χ1n) is 238. The molecular weight excluding hydrogens is 1520 g/mol. The van der Waals surface area contributed by atoms with Crippen LogP contribution in [-0.2, 0) is 41.6 Å². The summed E-state index contributed by atoms with van der Waals surface area (Å²) in [6.45, 7) is 23.8. The maximum absolute atomic E-state index is 13.5. The van der Waals surface area contributed by atoms with Gasteiger partial charge in [-0.2, -0.15) is 0 Å². The fourth-order valence-electron chi connectivity index (χ4n) is 14.0. The molecule has 0 saturated heterocycles. The maximum atomic E-state index is 13.5. The molecule has 9 rings (SSSR count). The van der Waals surface area contributed by atoms with Crippen molar-refractivity contribution in [2.75, 3.05) is 99.1 Å². The minimum Gasteiger partial charge on any atom is -0.491 e. The van der Waals surface area contributed by atoms with E-state index in [4.69, 9.17) is 652 Å². The summed E-state index contributed by atoms with van der Waals surface area (Å²) in [6, 6.07) is 31.0. The number of halogens is 4. The molecule has 1 heterocycles. The average Bonchev–Trinajstić information content (AvgIpc) is 1.64. The molecule has 119 heavy (non-hydrogen) atoms. The van der Waals surface area contributed by atoms with E-state index in [9.17, 15) is 17.6 Å². The van der Waals surface area contributed by atoms with Crippen LogP contribution in [0.1, 0.15) is 846 Å². The molecule has 3 fully saturated rings. The highest BCUT2D eigenvalue weighted by molar-refractivity contribution is 5.41. The van der Waals surface area contributed by atoms with Gasteiger partial charge in [0.05, 0.1) is 78.3 Å². The fraction of sp³-hybridized carbons (Fsp3) is 0.643. The number of para-hydroxylation sites is 2. The molecule has 3 aliphatic carbocycles. The van der Waals surface area contributed by atoms with Gasteiger partial charge in [0.25, 0.3) is 0 Å². The number of nitrogens with zero attached hydrogens (tertiary/aromatic N) is 1. The zero-order valence-electron chi connectivity index (χ0n) is 460. The van der Waals surface area contributed by atoms with Crippen LogP contribution >= 0.6 is 0 Å². The largest absolute Gasteiger partial charge is 0.491 e. The molecule has 3 saturated carbocycles. The number of aliphatic hydroxyl groups is 8. The van der Waals surface area contributed by atoms with Crippen LogP contribution in [0, 0.1) is 46.9 Å². The Kier molecular flexibility index (Phi) is 8.84. The summed E-state index contributed by atoms with van der Waals surface area (Å²) in [7, 11) is 0. The Hall–Kier alpha value is -6.63. The second kappa shape index (κ2) is 70.9. The summed E-state index contributed by atoms with van der Waals surface area (Å²) in [6.07, 6.45) is 36.6. The van der Waals surface area contributed by atoms with E-state index in [1.807, 2.05) is 37.3 Å². The number of rotatable bonds is 47. The molecule has 0 radical (unpaired) electrons. The number of pyridine rings is 1. The molecule has 5 unspecified atom stereocenters. The molecule has 1068 valence electrons. The van der Waals surface area contributed by atoms with Gasteiger partial charge in [-0.25, -0.2) is 22.5 Å². The molecule has 1 aromatic heterocycles. The second-order valence-corrected chi connectivity index (χ2v) is 30.9. The van der Waals surface area contributed by atoms with Gasteiger partial charge in [0.1, 0.15) is 79.6 Å². The van der Waals surface area contributed by atoms with Gasteiger partial charge in [0.2, 0.25) is 5.88 Å². The Labute approximate surface area is 1310 Å². The first-order chi connectivity index (χ1) is 251. The van der Waals surface area contributed by atoms with Crippen LogP contribution < -0.4 is 28.4 Å². The quantitative estimate of drug-likeness (QED) is 0.0165. The Bertz CT molecular complexity index is 3630. The molecule has 5 aromatic carbocycles. The van der Waals surface area contributed by atoms with Gasteiger partial charge in [-0.05, 0) is 223 Å². The van der Waals surface area contributed by atoms with E-state index in [1.54, 1.807) is 36.5 Å². The van der Waals surface area contributed by atoms with Crippen LogP contribution in [0.25, 0.3) is 0 Å². The monoisotopic (exact) mass is 2850 g/mol. The van der Waals surface area contributed by atoms with Crippen molar-refractivity contribution in [2.45, 2.75) is 286 Å². The minimum atomic E-state index is -0.350. The highest BCUT2D eigenvalue weighted by Gasteiger charge is 2.38. The predicted molar refractivity (Wildman–Crippen MR) is 886 cm³/mol. The number of aromatic nitrogens is 1.